The molecule has 0 aliphatic carbocycles. The minimum Gasteiger partial charge on any atom is -0.334 e. The van der Waals surface area contributed by atoms with Crippen LogP contribution in [0.2, 0.25) is 0 Å². The zero-order chi connectivity index (χ0) is 11.0. The van der Waals surface area contributed by atoms with Crippen molar-refractivity contribution in [2.24, 2.45) is 0 Å². The molecule has 0 amide bonds. The lowest BCUT2D eigenvalue weighted by Crippen LogP contribution is -2.17. The Morgan fingerprint density at radius 3 is 2.88 bits per heavy atom. The second-order valence-electron chi connectivity index (χ2n) is 4.68. The quantitative estimate of drug-likeness (QED) is 0.710. The van der Waals surface area contributed by atoms with Crippen LogP contribution in [0.15, 0.2) is 36.8 Å². The molecule has 0 saturated carbocycles. The Hall–Kier alpha value is -1.57. The molecule has 0 N–H and O–H groups in total. The van der Waals surface area contributed by atoms with Crippen molar-refractivity contribution in [3.05, 3.63) is 53.6 Å². The Kier molecular flexibility index (Phi) is 2.28. The molecule has 82 valence electrons. The first kappa shape index (κ1) is 9.64. The first-order valence-corrected chi connectivity index (χ1v) is 5.88. The maximum Gasteiger partial charge on any atom is 0.0948 e. The summed E-state index contributed by atoms with van der Waals surface area (Å²) in [5, 5.41) is 0. The van der Waals surface area contributed by atoms with E-state index >= 15 is 0 Å². The van der Waals surface area contributed by atoms with Gasteiger partial charge >= 0.3 is 0 Å². The fourth-order valence-corrected chi connectivity index (χ4v) is 2.48. The number of nitrogens with zero attached hydrogens (tertiary/aromatic N) is 2. The average Bonchev–Trinajstić information content (AvgIpc) is 2.77. The van der Waals surface area contributed by atoms with E-state index in [0.717, 1.165) is 13.0 Å². The summed E-state index contributed by atoms with van der Waals surface area (Å²) in [6, 6.07) is 8.95. The van der Waals surface area contributed by atoms with E-state index in [9.17, 15) is 0 Å². The number of aromatic nitrogens is 2. The molecule has 1 aliphatic heterocycles. The third-order valence-electron chi connectivity index (χ3n) is 3.51. The van der Waals surface area contributed by atoms with E-state index in [1.54, 1.807) is 0 Å². The van der Waals surface area contributed by atoms with Crippen LogP contribution in [0, 0.1) is 6.92 Å². The van der Waals surface area contributed by atoms with Crippen molar-refractivity contribution in [2.75, 3.05) is 0 Å². The predicted molar refractivity (Wildman–Crippen MR) is 64.5 cm³/mol. The largest absolute Gasteiger partial charge is 0.334 e. The van der Waals surface area contributed by atoms with E-state index in [0.29, 0.717) is 5.92 Å². The Labute approximate surface area is 95.9 Å². The predicted octanol–water partition coefficient (Wildman–Crippen LogP) is 2.92. The number of benzene rings is 1. The van der Waals surface area contributed by atoms with Gasteiger partial charge in [-0.2, -0.15) is 0 Å². The van der Waals surface area contributed by atoms with Crippen molar-refractivity contribution >= 4 is 0 Å². The molecule has 0 saturated heterocycles. The lowest BCUT2D eigenvalue weighted by Gasteiger charge is -2.24. The lowest BCUT2D eigenvalue weighted by molar-refractivity contribution is 0.463. The number of aryl methyl sites for hydroxylation is 2. The van der Waals surface area contributed by atoms with Crippen LogP contribution < -0.4 is 0 Å². The Bertz CT molecular complexity index is 482. The Morgan fingerprint density at radius 1 is 1.25 bits per heavy atom. The molecule has 0 fully saturated rings. The van der Waals surface area contributed by atoms with Crippen molar-refractivity contribution in [1.29, 1.82) is 0 Å². The van der Waals surface area contributed by atoms with Gasteiger partial charge in [0.1, 0.15) is 0 Å². The SMILES string of the molecule is Cc1ccc(C2CCc3cncn3C2)cc1. The number of hydrogen-bond donors (Lipinski definition) is 0. The molecule has 1 aliphatic rings. The molecule has 2 heterocycles. The number of fused-ring (bicyclic) bond motifs is 1. The van der Waals surface area contributed by atoms with Crippen molar-refractivity contribution in [3.63, 3.8) is 0 Å². The summed E-state index contributed by atoms with van der Waals surface area (Å²) < 4.78 is 2.29. The van der Waals surface area contributed by atoms with E-state index in [1.807, 2.05) is 12.5 Å². The van der Waals surface area contributed by atoms with E-state index in [-0.39, 0.29) is 0 Å². The van der Waals surface area contributed by atoms with Crippen LogP contribution in [-0.4, -0.2) is 9.55 Å². The van der Waals surface area contributed by atoms with E-state index in [2.05, 4.69) is 40.7 Å². The van der Waals surface area contributed by atoms with Crippen LogP contribution in [0.5, 0.6) is 0 Å². The van der Waals surface area contributed by atoms with Crippen LogP contribution in [0.4, 0.5) is 0 Å². The minimum atomic E-state index is 0.655. The van der Waals surface area contributed by atoms with Crippen LogP contribution in [0.1, 0.15) is 29.2 Å². The first-order valence-electron chi connectivity index (χ1n) is 5.88. The highest BCUT2D eigenvalue weighted by molar-refractivity contribution is 5.25. The van der Waals surface area contributed by atoms with Crippen LogP contribution in [0.3, 0.4) is 0 Å². The molecule has 0 bridgehead atoms. The molecule has 1 aromatic heterocycles. The molecule has 1 aromatic carbocycles. The third-order valence-corrected chi connectivity index (χ3v) is 3.51. The van der Waals surface area contributed by atoms with Crippen molar-refractivity contribution in [1.82, 2.24) is 9.55 Å². The highest BCUT2D eigenvalue weighted by Gasteiger charge is 2.19. The van der Waals surface area contributed by atoms with Crippen molar-refractivity contribution in [2.45, 2.75) is 32.2 Å². The fraction of sp³-hybridized carbons (Fsp3) is 0.357. The maximum absolute atomic E-state index is 4.21. The summed E-state index contributed by atoms with van der Waals surface area (Å²) in [5.74, 6) is 0.655. The molecule has 1 unspecified atom stereocenters. The van der Waals surface area contributed by atoms with Crippen molar-refractivity contribution in [3.8, 4) is 0 Å². The summed E-state index contributed by atoms with van der Waals surface area (Å²) in [7, 11) is 0. The average molecular weight is 212 g/mol. The monoisotopic (exact) mass is 212 g/mol. The lowest BCUT2D eigenvalue weighted by atomic mass is 9.90. The van der Waals surface area contributed by atoms with Gasteiger partial charge in [-0.05, 0) is 25.3 Å². The molecular formula is C14H16N2. The van der Waals surface area contributed by atoms with E-state index in [1.165, 1.54) is 23.2 Å². The summed E-state index contributed by atoms with van der Waals surface area (Å²) in [6.45, 7) is 3.22. The maximum atomic E-state index is 4.21. The summed E-state index contributed by atoms with van der Waals surface area (Å²) in [5.41, 5.74) is 4.18. The number of hydrogen-bond acceptors (Lipinski definition) is 1. The molecule has 2 nitrogen and oxygen atoms in total. The van der Waals surface area contributed by atoms with Crippen LogP contribution in [-0.2, 0) is 13.0 Å². The highest BCUT2D eigenvalue weighted by Crippen LogP contribution is 2.28. The van der Waals surface area contributed by atoms with Gasteiger partial charge in [-0.15, -0.1) is 0 Å². The van der Waals surface area contributed by atoms with Crippen LogP contribution >= 0.6 is 0 Å². The Balaban J connectivity index is 1.86. The van der Waals surface area contributed by atoms with Gasteiger partial charge in [-0.3, -0.25) is 0 Å². The molecular weight excluding hydrogens is 196 g/mol. The minimum absolute atomic E-state index is 0.655. The van der Waals surface area contributed by atoms with Crippen molar-refractivity contribution < 1.29 is 0 Å². The van der Waals surface area contributed by atoms with Gasteiger partial charge in [-0.1, -0.05) is 29.8 Å². The molecule has 2 heteroatoms. The van der Waals surface area contributed by atoms with Crippen LogP contribution in [0.25, 0.3) is 0 Å². The smallest absolute Gasteiger partial charge is 0.0948 e. The number of imidazole rings is 1. The zero-order valence-electron chi connectivity index (χ0n) is 9.56. The Morgan fingerprint density at radius 2 is 2.06 bits per heavy atom. The standard InChI is InChI=1S/C14H16N2/c1-11-2-4-12(5-3-11)13-6-7-14-8-15-10-16(14)9-13/h2-5,8,10,13H,6-7,9H2,1H3. The second-order valence-corrected chi connectivity index (χ2v) is 4.68. The summed E-state index contributed by atoms with van der Waals surface area (Å²) >= 11 is 0. The van der Waals surface area contributed by atoms with Gasteiger partial charge in [0.05, 0.1) is 6.33 Å². The molecule has 3 rings (SSSR count). The fourth-order valence-electron chi connectivity index (χ4n) is 2.48. The van der Waals surface area contributed by atoms with E-state index < -0.39 is 0 Å². The highest BCUT2D eigenvalue weighted by atomic mass is 15.1. The van der Waals surface area contributed by atoms with Gasteiger partial charge in [0.15, 0.2) is 0 Å². The summed E-state index contributed by atoms with van der Waals surface area (Å²) in [4.78, 5) is 4.21. The van der Waals surface area contributed by atoms with Gasteiger partial charge in [0.25, 0.3) is 0 Å². The normalized spacial score (nSPS) is 19.4. The number of rotatable bonds is 1. The molecule has 0 radical (unpaired) electrons. The van der Waals surface area contributed by atoms with Gasteiger partial charge in [-0.25, -0.2) is 4.98 Å². The van der Waals surface area contributed by atoms with Gasteiger partial charge in [0.2, 0.25) is 0 Å². The van der Waals surface area contributed by atoms with Gasteiger partial charge < -0.3 is 4.57 Å². The molecule has 0 spiro atoms. The zero-order valence-corrected chi connectivity index (χ0v) is 9.56. The molecule has 1 atom stereocenters. The van der Waals surface area contributed by atoms with E-state index in [4.69, 9.17) is 0 Å². The molecule has 16 heavy (non-hydrogen) atoms. The first-order chi connectivity index (χ1) is 7.83. The summed E-state index contributed by atoms with van der Waals surface area (Å²) in [6.07, 6.45) is 6.34. The molecule has 2 aromatic rings. The second kappa shape index (κ2) is 3.78. The van der Waals surface area contributed by atoms with Gasteiger partial charge in [0, 0.05) is 24.4 Å². The topological polar surface area (TPSA) is 17.8 Å². The third kappa shape index (κ3) is 1.64.